The molecule has 0 fully saturated rings. The Morgan fingerprint density at radius 2 is 1.68 bits per heavy atom. The monoisotopic (exact) mass is 346 g/mol. The van der Waals surface area contributed by atoms with E-state index in [1.54, 1.807) is 33.5 Å². The van der Waals surface area contributed by atoms with Crippen LogP contribution < -0.4 is 10.2 Å². The summed E-state index contributed by atoms with van der Waals surface area (Å²) in [6.07, 6.45) is 6.21. The summed E-state index contributed by atoms with van der Waals surface area (Å²) in [6.45, 7) is 0. The van der Waals surface area contributed by atoms with Gasteiger partial charge in [0, 0.05) is 6.42 Å². The standard InChI is InChI=1S/C20H26O5/c1-22-17-11-10-15-13-19(24-3)20(25-4)18(23-2)9-7-5-6-8-14(15)12-16(17)21/h9-12H,5-8,13H2,1-4H3/b18-9+,20-19-. The van der Waals surface area contributed by atoms with Crippen LogP contribution in [0.2, 0.25) is 0 Å². The fourth-order valence-electron chi connectivity index (χ4n) is 2.99. The van der Waals surface area contributed by atoms with Gasteiger partial charge >= 0.3 is 0 Å². The Labute approximate surface area is 148 Å². The van der Waals surface area contributed by atoms with Gasteiger partial charge in [0.25, 0.3) is 0 Å². The molecule has 0 heterocycles. The van der Waals surface area contributed by atoms with Crippen molar-refractivity contribution in [2.75, 3.05) is 28.4 Å². The minimum absolute atomic E-state index is 0.107. The molecular weight excluding hydrogens is 320 g/mol. The molecule has 0 saturated carbocycles. The molecule has 0 spiro atoms. The van der Waals surface area contributed by atoms with E-state index in [1.807, 2.05) is 12.1 Å². The molecule has 0 unspecified atom stereocenters. The van der Waals surface area contributed by atoms with Crippen molar-refractivity contribution in [1.29, 1.82) is 0 Å². The summed E-state index contributed by atoms with van der Waals surface area (Å²) in [5.74, 6) is 2.26. The predicted octanol–water partition coefficient (Wildman–Crippen LogP) is 3.36. The minimum atomic E-state index is -0.107. The average molecular weight is 346 g/mol. The van der Waals surface area contributed by atoms with E-state index in [1.165, 1.54) is 7.11 Å². The number of rotatable bonds is 4. The van der Waals surface area contributed by atoms with Gasteiger partial charge in [-0.25, -0.2) is 0 Å². The summed E-state index contributed by atoms with van der Waals surface area (Å²) in [6, 6.07) is 5.32. The van der Waals surface area contributed by atoms with E-state index in [4.69, 9.17) is 18.9 Å². The van der Waals surface area contributed by atoms with Gasteiger partial charge < -0.3 is 18.9 Å². The van der Waals surface area contributed by atoms with Crippen LogP contribution >= 0.6 is 0 Å². The van der Waals surface area contributed by atoms with Crippen molar-refractivity contribution in [2.45, 2.75) is 32.1 Å². The Kier molecular flexibility index (Phi) is 6.92. The van der Waals surface area contributed by atoms with Crippen LogP contribution in [0.3, 0.4) is 0 Å². The molecule has 0 aliphatic heterocycles. The smallest absolute Gasteiger partial charge is 0.220 e. The number of ether oxygens (including phenoxy) is 4. The zero-order valence-electron chi connectivity index (χ0n) is 15.4. The highest BCUT2D eigenvalue weighted by Crippen LogP contribution is 2.25. The van der Waals surface area contributed by atoms with Crippen LogP contribution in [0, 0.1) is 0 Å². The van der Waals surface area contributed by atoms with Crippen LogP contribution in [0.1, 0.15) is 30.4 Å². The van der Waals surface area contributed by atoms with Crippen LogP contribution in [0.25, 0.3) is 0 Å². The van der Waals surface area contributed by atoms with E-state index >= 15 is 0 Å². The fourth-order valence-corrected chi connectivity index (χ4v) is 2.99. The zero-order chi connectivity index (χ0) is 18.2. The normalized spacial score (nSPS) is 20.4. The SMILES string of the molecule is CO/C1=C(OC)/C(OC)=C\CCCCc2cc(=O)c(OC)ccc2C1. The maximum absolute atomic E-state index is 12.3. The summed E-state index contributed by atoms with van der Waals surface area (Å²) in [7, 11) is 6.35. The molecule has 0 atom stereocenters. The van der Waals surface area contributed by atoms with Gasteiger partial charge in [-0.15, -0.1) is 0 Å². The maximum Gasteiger partial charge on any atom is 0.220 e. The molecule has 1 aromatic rings. The Bertz CT molecular complexity index is 718. The third-order valence-electron chi connectivity index (χ3n) is 4.34. The first-order valence-electron chi connectivity index (χ1n) is 8.40. The van der Waals surface area contributed by atoms with Crippen LogP contribution in [-0.2, 0) is 27.1 Å². The second-order valence-electron chi connectivity index (χ2n) is 5.82. The van der Waals surface area contributed by atoms with Crippen molar-refractivity contribution in [3.05, 3.63) is 62.9 Å². The Morgan fingerprint density at radius 3 is 2.32 bits per heavy atom. The van der Waals surface area contributed by atoms with Gasteiger partial charge in [-0.3, -0.25) is 4.79 Å². The molecule has 1 aliphatic carbocycles. The largest absolute Gasteiger partial charge is 0.497 e. The topological polar surface area (TPSA) is 54.0 Å². The zero-order valence-corrected chi connectivity index (χ0v) is 15.4. The minimum Gasteiger partial charge on any atom is -0.497 e. The molecule has 0 bridgehead atoms. The van der Waals surface area contributed by atoms with Crippen molar-refractivity contribution in [1.82, 2.24) is 0 Å². The molecule has 0 saturated heterocycles. The molecule has 0 N–H and O–H groups in total. The second kappa shape index (κ2) is 9.16. The Balaban J connectivity index is 2.62. The van der Waals surface area contributed by atoms with Gasteiger partial charge in [0.2, 0.25) is 5.43 Å². The molecule has 0 radical (unpaired) electrons. The van der Waals surface area contributed by atoms with Crippen molar-refractivity contribution in [3.63, 3.8) is 0 Å². The molecule has 0 aromatic heterocycles. The maximum atomic E-state index is 12.3. The quantitative estimate of drug-likeness (QED) is 0.837. The number of hydrogen-bond donors (Lipinski definition) is 0. The lowest BCUT2D eigenvalue weighted by Crippen LogP contribution is -2.06. The highest BCUT2D eigenvalue weighted by atomic mass is 16.5. The summed E-state index contributed by atoms with van der Waals surface area (Å²) in [5.41, 5.74) is 1.92. The fraction of sp³-hybridized carbons (Fsp3) is 0.450. The van der Waals surface area contributed by atoms with Gasteiger partial charge in [-0.05, 0) is 55.0 Å². The van der Waals surface area contributed by atoms with E-state index in [0.717, 1.165) is 36.8 Å². The molecule has 5 nitrogen and oxygen atoms in total. The number of hydrogen-bond acceptors (Lipinski definition) is 5. The van der Waals surface area contributed by atoms with Gasteiger partial charge in [0.1, 0.15) is 5.76 Å². The molecule has 0 amide bonds. The first kappa shape index (κ1) is 18.9. The number of allylic oxidation sites excluding steroid dienone is 2. The van der Waals surface area contributed by atoms with Crippen LogP contribution in [0.4, 0.5) is 0 Å². The van der Waals surface area contributed by atoms with Crippen LogP contribution in [0.5, 0.6) is 5.75 Å². The highest BCUT2D eigenvalue weighted by Gasteiger charge is 2.17. The van der Waals surface area contributed by atoms with Gasteiger partial charge in [-0.1, -0.05) is 6.07 Å². The first-order valence-corrected chi connectivity index (χ1v) is 8.40. The van der Waals surface area contributed by atoms with E-state index in [0.29, 0.717) is 29.4 Å². The molecule has 1 aromatic carbocycles. The second-order valence-corrected chi connectivity index (χ2v) is 5.82. The number of aryl methyl sites for hydroxylation is 1. The molecular formula is C20H26O5. The van der Waals surface area contributed by atoms with Crippen molar-refractivity contribution in [2.24, 2.45) is 0 Å². The van der Waals surface area contributed by atoms with E-state index in [9.17, 15) is 4.79 Å². The number of methoxy groups -OCH3 is 4. The van der Waals surface area contributed by atoms with Crippen molar-refractivity contribution in [3.8, 4) is 5.75 Å². The van der Waals surface area contributed by atoms with Crippen LogP contribution in [0.15, 0.2) is 46.3 Å². The molecule has 2 rings (SSSR count). The van der Waals surface area contributed by atoms with Gasteiger partial charge in [-0.2, -0.15) is 0 Å². The lowest BCUT2D eigenvalue weighted by Gasteiger charge is -2.15. The van der Waals surface area contributed by atoms with Crippen LogP contribution in [-0.4, -0.2) is 28.4 Å². The summed E-state index contributed by atoms with van der Waals surface area (Å²) in [4.78, 5) is 12.3. The molecule has 1 aliphatic rings. The number of fused-ring (bicyclic) bond motifs is 1. The predicted molar refractivity (Wildman–Crippen MR) is 96.7 cm³/mol. The molecule has 136 valence electrons. The Morgan fingerprint density at radius 1 is 0.880 bits per heavy atom. The lowest BCUT2D eigenvalue weighted by atomic mass is 10.0. The van der Waals surface area contributed by atoms with Crippen molar-refractivity contribution < 1.29 is 18.9 Å². The van der Waals surface area contributed by atoms with E-state index < -0.39 is 0 Å². The lowest BCUT2D eigenvalue weighted by molar-refractivity contribution is 0.181. The summed E-state index contributed by atoms with van der Waals surface area (Å²) < 4.78 is 21.8. The third-order valence-corrected chi connectivity index (χ3v) is 4.34. The summed E-state index contributed by atoms with van der Waals surface area (Å²) >= 11 is 0. The molecule has 25 heavy (non-hydrogen) atoms. The van der Waals surface area contributed by atoms with E-state index in [-0.39, 0.29) is 5.43 Å². The van der Waals surface area contributed by atoms with E-state index in [2.05, 4.69) is 0 Å². The summed E-state index contributed by atoms with van der Waals surface area (Å²) in [5, 5.41) is 0. The Hall–Kier alpha value is -2.43. The third kappa shape index (κ3) is 4.56. The highest BCUT2D eigenvalue weighted by molar-refractivity contribution is 5.36. The van der Waals surface area contributed by atoms with Gasteiger partial charge in [0.15, 0.2) is 17.3 Å². The average Bonchev–Trinajstić information content (AvgIpc) is 2.78. The van der Waals surface area contributed by atoms with Crippen molar-refractivity contribution >= 4 is 0 Å². The van der Waals surface area contributed by atoms with Gasteiger partial charge in [0.05, 0.1) is 28.4 Å². The molecule has 5 heteroatoms. The first-order chi connectivity index (χ1) is 12.1.